The molecule has 2 rings (SSSR count). The molecule has 5 nitrogen and oxygen atoms in total. The lowest BCUT2D eigenvalue weighted by molar-refractivity contribution is 0.235. The van der Waals surface area contributed by atoms with E-state index in [2.05, 4.69) is 20.6 Å². The average Bonchev–Trinajstić information content (AvgIpc) is 2.85. The lowest BCUT2D eigenvalue weighted by Crippen LogP contribution is -2.39. The summed E-state index contributed by atoms with van der Waals surface area (Å²) < 4.78 is 12.0. The monoisotopic (exact) mass is 278 g/mol. The largest absolute Gasteiger partial charge is 0.340 e. The number of nitrogens with zero attached hydrogens (tertiary/aromatic N) is 1. The van der Waals surface area contributed by atoms with Crippen LogP contribution in [0.1, 0.15) is 30.8 Å². The van der Waals surface area contributed by atoms with Crippen LogP contribution >= 0.6 is 0 Å². The van der Waals surface area contributed by atoms with Crippen LogP contribution in [0.25, 0.3) is 11.0 Å². The van der Waals surface area contributed by atoms with Gasteiger partial charge in [0.2, 0.25) is 0 Å². The molecule has 1 heterocycles. The Morgan fingerprint density at radius 3 is 3.00 bits per heavy atom. The van der Waals surface area contributed by atoms with Crippen molar-refractivity contribution in [2.45, 2.75) is 26.3 Å². The van der Waals surface area contributed by atoms with E-state index in [9.17, 15) is 9.18 Å². The van der Waals surface area contributed by atoms with Gasteiger partial charge < -0.3 is 15.6 Å². The Kier molecular flexibility index (Phi) is 4.55. The summed E-state index contributed by atoms with van der Waals surface area (Å²) in [4.78, 5) is 19.3. The molecule has 1 aromatic carbocycles. The number of carbonyl (C=O) groups excluding carboxylic acids is 1. The van der Waals surface area contributed by atoms with Crippen LogP contribution in [0.3, 0.4) is 0 Å². The maximum absolute atomic E-state index is 12.0. The van der Waals surface area contributed by atoms with E-state index < -0.39 is 6.67 Å². The van der Waals surface area contributed by atoms with Crippen LogP contribution in [-0.4, -0.2) is 29.2 Å². The SMILES string of the molecule is CC[C@@H](NC(=O)NCCF)c1nc2ccc(C)cc2[nH]1. The fraction of sp³-hybridized carbons (Fsp3) is 0.429. The molecule has 0 aliphatic carbocycles. The Morgan fingerprint density at radius 1 is 1.50 bits per heavy atom. The molecule has 0 spiro atoms. The third-order valence-electron chi connectivity index (χ3n) is 3.08. The van der Waals surface area contributed by atoms with E-state index in [1.165, 1.54) is 0 Å². The van der Waals surface area contributed by atoms with E-state index in [1.54, 1.807) is 0 Å². The molecule has 0 fully saturated rings. The van der Waals surface area contributed by atoms with Crippen molar-refractivity contribution in [3.63, 3.8) is 0 Å². The number of fused-ring (bicyclic) bond motifs is 1. The number of aromatic nitrogens is 2. The Balaban J connectivity index is 2.14. The molecule has 2 aromatic rings. The molecule has 6 heteroatoms. The number of alkyl halides is 1. The van der Waals surface area contributed by atoms with Crippen LogP contribution in [0.5, 0.6) is 0 Å². The normalized spacial score (nSPS) is 12.3. The van der Waals surface area contributed by atoms with E-state index in [1.807, 2.05) is 32.0 Å². The molecular weight excluding hydrogens is 259 g/mol. The van der Waals surface area contributed by atoms with Gasteiger partial charge in [-0.25, -0.2) is 14.2 Å². The molecule has 1 atom stereocenters. The standard InChI is InChI=1S/C14H19FN4O/c1-3-10(19-14(20)16-7-6-15)13-17-11-5-4-9(2)8-12(11)18-13/h4-5,8,10H,3,6-7H2,1-2H3,(H,17,18)(H2,16,19,20)/t10-/m1/s1. The van der Waals surface area contributed by atoms with E-state index in [0.29, 0.717) is 12.2 Å². The molecule has 0 aliphatic heterocycles. The Morgan fingerprint density at radius 2 is 2.30 bits per heavy atom. The number of hydrogen-bond donors (Lipinski definition) is 3. The summed E-state index contributed by atoms with van der Waals surface area (Å²) in [7, 11) is 0. The molecule has 0 bridgehead atoms. The second-order valence-electron chi connectivity index (χ2n) is 4.69. The van der Waals surface area contributed by atoms with Gasteiger partial charge in [0.1, 0.15) is 12.5 Å². The molecule has 0 unspecified atom stereocenters. The van der Waals surface area contributed by atoms with Crippen LogP contribution in [0, 0.1) is 6.92 Å². The second-order valence-corrected chi connectivity index (χ2v) is 4.69. The summed E-state index contributed by atoms with van der Waals surface area (Å²) in [6.07, 6.45) is 0.696. The molecule has 2 amide bonds. The zero-order valence-corrected chi connectivity index (χ0v) is 11.7. The first-order valence-electron chi connectivity index (χ1n) is 6.70. The highest BCUT2D eigenvalue weighted by Gasteiger charge is 2.16. The Bertz CT molecular complexity index is 596. The highest BCUT2D eigenvalue weighted by Crippen LogP contribution is 2.19. The molecule has 0 radical (unpaired) electrons. The second kappa shape index (κ2) is 6.36. The van der Waals surface area contributed by atoms with Crippen molar-refractivity contribution in [2.24, 2.45) is 0 Å². The fourth-order valence-electron chi connectivity index (χ4n) is 2.04. The van der Waals surface area contributed by atoms with Gasteiger partial charge >= 0.3 is 6.03 Å². The number of nitrogens with one attached hydrogen (secondary N) is 3. The predicted octanol–water partition coefficient (Wildman–Crippen LogP) is 2.59. The average molecular weight is 278 g/mol. The Labute approximate surface area is 117 Å². The first kappa shape index (κ1) is 14.3. The van der Waals surface area contributed by atoms with Crippen molar-refractivity contribution in [3.05, 3.63) is 29.6 Å². The first-order valence-corrected chi connectivity index (χ1v) is 6.70. The van der Waals surface area contributed by atoms with Crippen molar-refractivity contribution >= 4 is 17.1 Å². The highest BCUT2D eigenvalue weighted by atomic mass is 19.1. The number of benzene rings is 1. The van der Waals surface area contributed by atoms with Gasteiger partial charge in [-0.05, 0) is 31.0 Å². The van der Waals surface area contributed by atoms with Crippen LogP contribution in [0.2, 0.25) is 0 Å². The van der Waals surface area contributed by atoms with Gasteiger partial charge in [0.25, 0.3) is 0 Å². The van der Waals surface area contributed by atoms with Crippen molar-refractivity contribution in [1.29, 1.82) is 0 Å². The van der Waals surface area contributed by atoms with Gasteiger partial charge in [0.05, 0.1) is 17.1 Å². The smallest absolute Gasteiger partial charge is 0.315 e. The van der Waals surface area contributed by atoms with E-state index in [-0.39, 0.29) is 18.6 Å². The number of aryl methyl sites for hydroxylation is 1. The number of imidazole rings is 1. The highest BCUT2D eigenvalue weighted by molar-refractivity contribution is 5.77. The molecule has 1 aromatic heterocycles. The van der Waals surface area contributed by atoms with Gasteiger partial charge in [-0.15, -0.1) is 0 Å². The molecule has 108 valence electrons. The number of urea groups is 1. The lowest BCUT2D eigenvalue weighted by Gasteiger charge is -2.14. The van der Waals surface area contributed by atoms with E-state index in [0.717, 1.165) is 16.6 Å². The van der Waals surface area contributed by atoms with Crippen molar-refractivity contribution in [1.82, 2.24) is 20.6 Å². The summed E-state index contributed by atoms with van der Waals surface area (Å²) in [6, 6.07) is 5.35. The number of halogens is 1. The van der Waals surface area contributed by atoms with Crippen molar-refractivity contribution in [2.75, 3.05) is 13.2 Å². The van der Waals surface area contributed by atoms with Gasteiger partial charge in [0.15, 0.2) is 0 Å². The zero-order chi connectivity index (χ0) is 14.5. The number of aromatic amines is 1. The van der Waals surface area contributed by atoms with Crippen LogP contribution < -0.4 is 10.6 Å². The zero-order valence-electron chi connectivity index (χ0n) is 11.7. The molecule has 3 N–H and O–H groups in total. The van der Waals surface area contributed by atoms with E-state index in [4.69, 9.17) is 0 Å². The quantitative estimate of drug-likeness (QED) is 0.786. The molecule has 0 aliphatic rings. The fourth-order valence-corrected chi connectivity index (χ4v) is 2.04. The number of amides is 2. The lowest BCUT2D eigenvalue weighted by atomic mass is 10.2. The molecular formula is C14H19FN4O. The summed E-state index contributed by atoms with van der Waals surface area (Å²) in [5.74, 6) is 0.712. The third kappa shape index (κ3) is 3.26. The van der Waals surface area contributed by atoms with Gasteiger partial charge in [-0.2, -0.15) is 0 Å². The van der Waals surface area contributed by atoms with E-state index >= 15 is 0 Å². The summed E-state index contributed by atoms with van der Waals surface area (Å²) in [6.45, 7) is 3.41. The molecule has 0 saturated heterocycles. The van der Waals surface area contributed by atoms with Crippen LogP contribution in [0.15, 0.2) is 18.2 Å². The minimum absolute atomic E-state index is 0.0155. The predicted molar refractivity (Wildman–Crippen MR) is 76.4 cm³/mol. The summed E-state index contributed by atoms with van der Waals surface area (Å²) in [5, 5.41) is 5.23. The maximum Gasteiger partial charge on any atom is 0.315 e. The summed E-state index contributed by atoms with van der Waals surface area (Å²) >= 11 is 0. The van der Waals surface area contributed by atoms with Crippen LogP contribution in [0.4, 0.5) is 9.18 Å². The number of hydrogen-bond acceptors (Lipinski definition) is 2. The van der Waals surface area contributed by atoms with Gasteiger partial charge in [-0.3, -0.25) is 0 Å². The van der Waals surface area contributed by atoms with Gasteiger partial charge in [-0.1, -0.05) is 13.0 Å². The third-order valence-corrected chi connectivity index (χ3v) is 3.08. The van der Waals surface area contributed by atoms with Crippen molar-refractivity contribution in [3.8, 4) is 0 Å². The topological polar surface area (TPSA) is 69.8 Å². The van der Waals surface area contributed by atoms with Gasteiger partial charge in [0, 0.05) is 6.54 Å². The first-order chi connectivity index (χ1) is 9.63. The molecule has 20 heavy (non-hydrogen) atoms. The summed E-state index contributed by atoms with van der Waals surface area (Å²) in [5.41, 5.74) is 2.97. The number of rotatable bonds is 5. The molecule has 0 saturated carbocycles. The number of H-pyrrole nitrogens is 1. The van der Waals surface area contributed by atoms with Crippen molar-refractivity contribution < 1.29 is 9.18 Å². The Hall–Kier alpha value is -2.11. The minimum atomic E-state index is -0.575. The minimum Gasteiger partial charge on any atom is -0.340 e. The number of carbonyl (C=O) groups is 1. The van der Waals surface area contributed by atoms with Crippen LogP contribution in [-0.2, 0) is 0 Å². The maximum atomic E-state index is 12.0.